The van der Waals surface area contributed by atoms with Gasteiger partial charge in [-0.3, -0.25) is 23.5 Å². The van der Waals surface area contributed by atoms with Gasteiger partial charge in [0.05, 0.1) is 12.3 Å². The molecule has 0 aliphatic rings. The summed E-state index contributed by atoms with van der Waals surface area (Å²) in [4.78, 5) is 35.0. The summed E-state index contributed by atoms with van der Waals surface area (Å²) in [6.07, 6.45) is 2.75. The van der Waals surface area contributed by atoms with Crippen molar-refractivity contribution < 1.29 is 9.53 Å². The Hall–Kier alpha value is -2.83. The number of carbonyl (C=O) groups excluding carboxylic acids is 1. The number of primary amides is 1. The fourth-order valence-electron chi connectivity index (χ4n) is 1.92. The van der Waals surface area contributed by atoms with Crippen LogP contribution in [0.1, 0.15) is 6.92 Å². The van der Waals surface area contributed by atoms with E-state index < -0.39 is 17.0 Å². The Bertz CT molecular complexity index is 776. The van der Waals surface area contributed by atoms with Crippen LogP contribution in [-0.2, 0) is 11.3 Å². The molecule has 7 nitrogen and oxygen atoms in total. The molecule has 1 aromatic heterocycles. The molecule has 0 saturated heterocycles. The van der Waals surface area contributed by atoms with Crippen LogP contribution in [0.5, 0.6) is 5.75 Å². The van der Waals surface area contributed by atoms with Crippen molar-refractivity contribution in [3.05, 3.63) is 57.4 Å². The van der Waals surface area contributed by atoms with Crippen LogP contribution in [-0.4, -0.2) is 21.6 Å². The van der Waals surface area contributed by atoms with Crippen molar-refractivity contribution >= 4 is 5.91 Å². The van der Waals surface area contributed by atoms with Gasteiger partial charge in [-0.1, -0.05) is 12.1 Å². The summed E-state index contributed by atoms with van der Waals surface area (Å²) in [5.41, 5.74) is 3.90. The molecule has 0 saturated carbocycles. The van der Waals surface area contributed by atoms with Crippen molar-refractivity contribution in [3.8, 4) is 11.4 Å². The van der Waals surface area contributed by atoms with E-state index in [-0.39, 0.29) is 6.54 Å². The highest BCUT2D eigenvalue weighted by atomic mass is 16.5. The van der Waals surface area contributed by atoms with Crippen molar-refractivity contribution in [2.75, 3.05) is 6.61 Å². The molecule has 0 bridgehead atoms. The molecule has 0 fully saturated rings. The van der Waals surface area contributed by atoms with Crippen molar-refractivity contribution in [1.82, 2.24) is 9.13 Å². The Morgan fingerprint density at radius 3 is 2.57 bits per heavy atom. The van der Waals surface area contributed by atoms with E-state index in [1.165, 1.54) is 17.0 Å². The molecular weight excluding hydrogens is 274 g/mol. The highest BCUT2D eigenvalue weighted by Crippen LogP contribution is 2.20. The van der Waals surface area contributed by atoms with E-state index in [0.717, 1.165) is 4.57 Å². The Morgan fingerprint density at radius 1 is 1.19 bits per heavy atom. The molecule has 1 heterocycles. The van der Waals surface area contributed by atoms with Crippen LogP contribution in [0, 0.1) is 0 Å². The molecule has 0 radical (unpaired) electrons. The molecule has 2 rings (SSSR count). The number of nitrogens with two attached hydrogens (primary N) is 1. The molecule has 0 unspecified atom stereocenters. The molecule has 1 aromatic carbocycles. The van der Waals surface area contributed by atoms with E-state index in [9.17, 15) is 14.4 Å². The van der Waals surface area contributed by atoms with Gasteiger partial charge >= 0.3 is 11.1 Å². The van der Waals surface area contributed by atoms with Gasteiger partial charge in [0.25, 0.3) is 0 Å². The lowest BCUT2D eigenvalue weighted by Crippen LogP contribution is -2.41. The summed E-state index contributed by atoms with van der Waals surface area (Å²) in [5, 5.41) is 0. The van der Waals surface area contributed by atoms with Crippen LogP contribution in [0.3, 0.4) is 0 Å². The summed E-state index contributed by atoms with van der Waals surface area (Å²) in [5.74, 6) is -0.196. The molecule has 110 valence electrons. The normalized spacial score (nSPS) is 10.3. The highest BCUT2D eigenvalue weighted by molar-refractivity contribution is 5.73. The minimum absolute atomic E-state index is 0.331. The lowest BCUT2D eigenvalue weighted by Gasteiger charge is -2.12. The third kappa shape index (κ3) is 3.02. The SMILES string of the molecule is CCOc1ccccc1-n1ccn(CC(N)=O)c(=O)c1=O. The molecule has 0 aliphatic carbocycles. The quantitative estimate of drug-likeness (QED) is 0.776. The maximum atomic E-state index is 12.1. The van der Waals surface area contributed by atoms with E-state index in [1.807, 2.05) is 6.92 Å². The van der Waals surface area contributed by atoms with E-state index >= 15 is 0 Å². The highest BCUT2D eigenvalue weighted by Gasteiger charge is 2.11. The van der Waals surface area contributed by atoms with Crippen molar-refractivity contribution in [1.29, 1.82) is 0 Å². The average Bonchev–Trinajstić information content (AvgIpc) is 2.45. The maximum Gasteiger partial charge on any atom is 0.321 e. The third-order valence-electron chi connectivity index (χ3n) is 2.81. The number of nitrogens with zero attached hydrogens (tertiary/aromatic N) is 2. The van der Waals surface area contributed by atoms with Gasteiger partial charge in [-0.05, 0) is 19.1 Å². The predicted molar refractivity (Wildman–Crippen MR) is 76.7 cm³/mol. The van der Waals surface area contributed by atoms with E-state index in [0.29, 0.717) is 18.0 Å². The molecule has 2 aromatic rings. The Labute approximate surface area is 120 Å². The van der Waals surface area contributed by atoms with Gasteiger partial charge in [-0.2, -0.15) is 0 Å². The Morgan fingerprint density at radius 2 is 1.90 bits per heavy atom. The van der Waals surface area contributed by atoms with Crippen LogP contribution in [0.25, 0.3) is 5.69 Å². The number of carbonyl (C=O) groups is 1. The lowest BCUT2D eigenvalue weighted by molar-refractivity contribution is -0.118. The van der Waals surface area contributed by atoms with Gasteiger partial charge in [-0.25, -0.2) is 0 Å². The average molecular weight is 289 g/mol. The number of para-hydroxylation sites is 2. The van der Waals surface area contributed by atoms with Crippen molar-refractivity contribution in [2.45, 2.75) is 13.5 Å². The van der Waals surface area contributed by atoms with Gasteiger partial charge in [-0.15, -0.1) is 0 Å². The van der Waals surface area contributed by atoms with Gasteiger partial charge in [0.15, 0.2) is 0 Å². The molecule has 0 aliphatic heterocycles. The smallest absolute Gasteiger partial charge is 0.321 e. The number of benzene rings is 1. The van der Waals surface area contributed by atoms with Crippen LogP contribution in [0.4, 0.5) is 0 Å². The summed E-state index contributed by atoms with van der Waals surface area (Å²) < 4.78 is 7.60. The van der Waals surface area contributed by atoms with E-state index in [1.54, 1.807) is 24.3 Å². The van der Waals surface area contributed by atoms with Gasteiger partial charge in [0.2, 0.25) is 5.91 Å². The summed E-state index contributed by atoms with van der Waals surface area (Å²) >= 11 is 0. The van der Waals surface area contributed by atoms with Gasteiger partial charge in [0, 0.05) is 12.4 Å². The van der Waals surface area contributed by atoms with Crippen LogP contribution >= 0.6 is 0 Å². The first-order valence-corrected chi connectivity index (χ1v) is 6.37. The molecule has 7 heteroatoms. The van der Waals surface area contributed by atoms with Gasteiger partial charge in [0.1, 0.15) is 12.3 Å². The molecule has 1 amide bonds. The number of aromatic nitrogens is 2. The number of rotatable bonds is 5. The second-order valence-electron chi connectivity index (χ2n) is 4.27. The van der Waals surface area contributed by atoms with E-state index in [2.05, 4.69) is 0 Å². The molecule has 0 spiro atoms. The Kier molecular flexibility index (Phi) is 4.22. The monoisotopic (exact) mass is 289 g/mol. The number of amides is 1. The first kappa shape index (κ1) is 14.6. The fraction of sp³-hybridized carbons (Fsp3) is 0.214. The Balaban J connectivity index is 2.57. The standard InChI is InChI=1S/C14H15N3O4/c1-2-21-11-6-4-3-5-10(11)17-8-7-16(9-12(15)18)13(19)14(17)20/h3-8H,2,9H2,1H3,(H2,15,18). The zero-order chi connectivity index (χ0) is 15.4. The minimum atomic E-state index is -0.817. The van der Waals surface area contributed by atoms with Crippen LogP contribution in [0.2, 0.25) is 0 Å². The third-order valence-corrected chi connectivity index (χ3v) is 2.81. The molecule has 0 atom stereocenters. The maximum absolute atomic E-state index is 12.1. The largest absolute Gasteiger partial charge is 0.492 e. The first-order chi connectivity index (χ1) is 10.0. The zero-order valence-corrected chi connectivity index (χ0v) is 11.5. The van der Waals surface area contributed by atoms with Crippen molar-refractivity contribution in [2.24, 2.45) is 5.73 Å². The summed E-state index contributed by atoms with van der Waals surface area (Å²) in [6.45, 7) is 1.93. The predicted octanol–water partition coefficient (Wildman–Crippen LogP) is -0.117. The van der Waals surface area contributed by atoms with Crippen LogP contribution in [0.15, 0.2) is 46.2 Å². The minimum Gasteiger partial charge on any atom is -0.492 e. The summed E-state index contributed by atoms with van der Waals surface area (Å²) in [7, 11) is 0. The first-order valence-electron chi connectivity index (χ1n) is 6.37. The fourth-order valence-corrected chi connectivity index (χ4v) is 1.92. The second-order valence-corrected chi connectivity index (χ2v) is 4.27. The summed E-state index contributed by atoms with van der Waals surface area (Å²) in [6, 6.07) is 6.89. The van der Waals surface area contributed by atoms with Gasteiger partial charge < -0.3 is 10.5 Å². The second kappa shape index (κ2) is 6.08. The molecule has 21 heavy (non-hydrogen) atoms. The topological polar surface area (TPSA) is 96.3 Å². The van der Waals surface area contributed by atoms with Crippen LogP contribution < -0.4 is 21.6 Å². The number of ether oxygens (including phenoxy) is 1. The molecule has 2 N–H and O–H groups in total. The number of hydrogen-bond donors (Lipinski definition) is 1. The van der Waals surface area contributed by atoms with Crippen molar-refractivity contribution in [3.63, 3.8) is 0 Å². The molecular formula is C14H15N3O4. The lowest BCUT2D eigenvalue weighted by atomic mass is 10.3. The van der Waals surface area contributed by atoms with E-state index in [4.69, 9.17) is 10.5 Å². The zero-order valence-electron chi connectivity index (χ0n) is 11.5. The number of hydrogen-bond acceptors (Lipinski definition) is 4.